The summed E-state index contributed by atoms with van der Waals surface area (Å²) in [6, 6.07) is 12.4. The summed E-state index contributed by atoms with van der Waals surface area (Å²) in [6.45, 7) is 3.98. The van der Waals surface area contributed by atoms with Crippen LogP contribution >= 0.6 is 0 Å². The Hall–Kier alpha value is -3.08. The SMILES string of the molecule is Cc1ccc(NC(=O)c2ccc(-c3ccc(F)c(F)c3)nc2)cc1C. The van der Waals surface area contributed by atoms with Crippen molar-refractivity contribution >= 4 is 11.6 Å². The Kier molecular flexibility index (Phi) is 4.57. The molecule has 0 atom stereocenters. The van der Waals surface area contributed by atoms with Gasteiger partial charge in [0.1, 0.15) is 0 Å². The smallest absolute Gasteiger partial charge is 0.257 e. The van der Waals surface area contributed by atoms with Crippen LogP contribution in [0.1, 0.15) is 21.5 Å². The lowest BCUT2D eigenvalue weighted by Crippen LogP contribution is -2.12. The van der Waals surface area contributed by atoms with Crippen molar-refractivity contribution < 1.29 is 13.6 Å². The number of halogens is 2. The molecule has 0 radical (unpaired) electrons. The lowest BCUT2D eigenvalue weighted by atomic mass is 10.1. The van der Waals surface area contributed by atoms with E-state index in [4.69, 9.17) is 0 Å². The molecule has 1 heterocycles. The zero-order valence-electron chi connectivity index (χ0n) is 13.8. The third-order valence-corrected chi connectivity index (χ3v) is 4.01. The van der Waals surface area contributed by atoms with Gasteiger partial charge in [-0.05, 0) is 67.4 Å². The first-order valence-corrected chi connectivity index (χ1v) is 7.74. The van der Waals surface area contributed by atoms with E-state index in [1.807, 2.05) is 32.0 Å². The number of benzene rings is 2. The van der Waals surface area contributed by atoms with Gasteiger partial charge >= 0.3 is 0 Å². The van der Waals surface area contributed by atoms with Crippen LogP contribution in [0.4, 0.5) is 14.5 Å². The van der Waals surface area contributed by atoms with Crippen LogP contribution < -0.4 is 5.32 Å². The number of rotatable bonds is 3. The first-order chi connectivity index (χ1) is 11.9. The normalized spacial score (nSPS) is 10.6. The fourth-order valence-corrected chi connectivity index (χ4v) is 2.38. The van der Waals surface area contributed by atoms with Gasteiger partial charge in [-0.3, -0.25) is 9.78 Å². The van der Waals surface area contributed by atoms with E-state index in [0.717, 1.165) is 23.3 Å². The molecule has 1 aromatic heterocycles. The van der Waals surface area contributed by atoms with E-state index in [2.05, 4.69) is 10.3 Å². The average Bonchev–Trinajstić information content (AvgIpc) is 2.61. The van der Waals surface area contributed by atoms with Crippen molar-refractivity contribution in [2.75, 3.05) is 5.32 Å². The number of carbonyl (C=O) groups excluding carboxylic acids is 1. The van der Waals surface area contributed by atoms with E-state index in [-0.39, 0.29) is 5.91 Å². The maximum Gasteiger partial charge on any atom is 0.257 e. The molecule has 0 aliphatic rings. The molecule has 0 aliphatic carbocycles. The van der Waals surface area contributed by atoms with Gasteiger partial charge in [0.2, 0.25) is 0 Å². The number of hydrogen-bond acceptors (Lipinski definition) is 2. The molecular weight excluding hydrogens is 322 g/mol. The van der Waals surface area contributed by atoms with Crippen LogP contribution in [-0.4, -0.2) is 10.9 Å². The molecule has 25 heavy (non-hydrogen) atoms. The number of nitrogens with one attached hydrogen (secondary N) is 1. The maximum atomic E-state index is 13.3. The van der Waals surface area contributed by atoms with Gasteiger partial charge < -0.3 is 5.32 Å². The highest BCUT2D eigenvalue weighted by molar-refractivity contribution is 6.04. The molecule has 0 fully saturated rings. The van der Waals surface area contributed by atoms with Crippen LogP contribution in [0.25, 0.3) is 11.3 Å². The Bertz CT molecular complexity index is 937. The van der Waals surface area contributed by atoms with Crippen molar-refractivity contribution in [1.82, 2.24) is 4.98 Å². The topological polar surface area (TPSA) is 42.0 Å². The van der Waals surface area contributed by atoms with Gasteiger partial charge in [0.05, 0.1) is 11.3 Å². The molecule has 1 amide bonds. The zero-order chi connectivity index (χ0) is 18.0. The Morgan fingerprint density at radius 2 is 1.72 bits per heavy atom. The molecular formula is C20H16F2N2O. The summed E-state index contributed by atoms with van der Waals surface area (Å²) in [5.74, 6) is -2.13. The average molecular weight is 338 g/mol. The lowest BCUT2D eigenvalue weighted by molar-refractivity contribution is 0.102. The first-order valence-electron chi connectivity index (χ1n) is 7.74. The van der Waals surface area contributed by atoms with Crippen molar-refractivity contribution in [3.8, 4) is 11.3 Å². The summed E-state index contributed by atoms with van der Waals surface area (Å²) >= 11 is 0. The predicted octanol–water partition coefficient (Wildman–Crippen LogP) is 4.90. The fraction of sp³-hybridized carbons (Fsp3) is 0.100. The second-order valence-corrected chi connectivity index (χ2v) is 5.81. The molecule has 126 valence electrons. The molecule has 3 nitrogen and oxygen atoms in total. The van der Waals surface area contributed by atoms with E-state index in [9.17, 15) is 13.6 Å². The fourth-order valence-electron chi connectivity index (χ4n) is 2.38. The minimum absolute atomic E-state index is 0.285. The van der Waals surface area contributed by atoms with Crippen LogP contribution in [0.15, 0.2) is 54.7 Å². The number of amides is 1. The monoisotopic (exact) mass is 338 g/mol. The Labute approximate surface area is 144 Å². The second kappa shape index (κ2) is 6.81. The summed E-state index contributed by atoms with van der Waals surface area (Å²) in [6.07, 6.45) is 1.41. The molecule has 0 spiro atoms. The number of anilines is 1. The largest absolute Gasteiger partial charge is 0.322 e. The van der Waals surface area contributed by atoms with Crippen molar-refractivity contribution in [2.24, 2.45) is 0 Å². The van der Waals surface area contributed by atoms with E-state index >= 15 is 0 Å². The van der Waals surface area contributed by atoms with Gasteiger partial charge in [-0.2, -0.15) is 0 Å². The number of aromatic nitrogens is 1. The molecule has 1 N–H and O–H groups in total. The van der Waals surface area contributed by atoms with Crippen molar-refractivity contribution in [1.29, 1.82) is 0 Å². The number of pyridine rings is 1. The highest BCUT2D eigenvalue weighted by Crippen LogP contribution is 2.20. The Morgan fingerprint density at radius 1 is 0.920 bits per heavy atom. The molecule has 3 rings (SSSR count). The Balaban J connectivity index is 1.78. The van der Waals surface area contributed by atoms with Crippen LogP contribution in [0, 0.1) is 25.5 Å². The first kappa shape index (κ1) is 16.8. The zero-order valence-corrected chi connectivity index (χ0v) is 13.8. The van der Waals surface area contributed by atoms with Crippen LogP contribution in [0.2, 0.25) is 0 Å². The third kappa shape index (κ3) is 3.71. The van der Waals surface area contributed by atoms with Crippen molar-refractivity contribution in [3.63, 3.8) is 0 Å². The van der Waals surface area contributed by atoms with E-state index in [1.54, 1.807) is 12.1 Å². The van der Waals surface area contributed by atoms with E-state index in [1.165, 1.54) is 12.3 Å². The van der Waals surface area contributed by atoms with Gasteiger partial charge in [-0.15, -0.1) is 0 Å². The highest BCUT2D eigenvalue weighted by atomic mass is 19.2. The van der Waals surface area contributed by atoms with Crippen LogP contribution in [0.5, 0.6) is 0 Å². The maximum absolute atomic E-state index is 13.3. The summed E-state index contributed by atoms with van der Waals surface area (Å²) in [4.78, 5) is 16.5. The van der Waals surface area contributed by atoms with Crippen molar-refractivity contribution in [2.45, 2.75) is 13.8 Å². The van der Waals surface area contributed by atoms with Gasteiger partial charge in [0, 0.05) is 17.4 Å². The number of aryl methyl sites for hydroxylation is 2. The summed E-state index contributed by atoms with van der Waals surface area (Å²) in [7, 11) is 0. The van der Waals surface area contributed by atoms with Gasteiger partial charge in [-0.25, -0.2) is 8.78 Å². The van der Waals surface area contributed by atoms with E-state index in [0.29, 0.717) is 22.5 Å². The van der Waals surface area contributed by atoms with Crippen LogP contribution in [-0.2, 0) is 0 Å². The molecule has 0 saturated carbocycles. The highest BCUT2D eigenvalue weighted by Gasteiger charge is 2.09. The number of carbonyl (C=O) groups is 1. The quantitative estimate of drug-likeness (QED) is 0.738. The summed E-state index contributed by atoms with van der Waals surface area (Å²) in [5.41, 5.74) is 4.23. The Morgan fingerprint density at radius 3 is 2.36 bits per heavy atom. The van der Waals surface area contributed by atoms with Gasteiger partial charge in [0.25, 0.3) is 5.91 Å². The molecule has 5 heteroatoms. The third-order valence-electron chi connectivity index (χ3n) is 4.01. The number of nitrogens with zero attached hydrogens (tertiary/aromatic N) is 1. The minimum Gasteiger partial charge on any atom is -0.322 e. The van der Waals surface area contributed by atoms with Crippen LogP contribution in [0.3, 0.4) is 0 Å². The van der Waals surface area contributed by atoms with E-state index < -0.39 is 11.6 Å². The molecule has 0 bridgehead atoms. The van der Waals surface area contributed by atoms with Crippen molar-refractivity contribution in [3.05, 3.63) is 83.1 Å². The molecule has 0 aliphatic heterocycles. The summed E-state index contributed by atoms with van der Waals surface area (Å²) < 4.78 is 26.3. The standard InChI is InChI=1S/C20H16F2N2O/c1-12-3-6-16(9-13(12)2)24-20(25)15-5-8-19(23-11-15)14-4-7-17(21)18(22)10-14/h3-11H,1-2H3,(H,24,25). The summed E-state index contributed by atoms with van der Waals surface area (Å²) in [5, 5.41) is 2.81. The molecule has 0 unspecified atom stereocenters. The lowest BCUT2D eigenvalue weighted by Gasteiger charge is -2.08. The van der Waals surface area contributed by atoms with Gasteiger partial charge in [0.15, 0.2) is 11.6 Å². The van der Waals surface area contributed by atoms with Gasteiger partial charge in [-0.1, -0.05) is 6.07 Å². The number of hydrogen-bond donors (Lipinski definition) is 1. The molecule has 2 aromatic carbocycles. The molecule has 0 saturated heterocycles. The second-order valence-electron chi connectivity index (χ2n) is 5.81. The predicted molar refractivity (Wildman–Crippen MR) is 93.5 cm³/mol. The molecule has 3 aromatic rings. The minimum atomic E-state index is -0.934.